The molecule has 1 heterocycles. The first-order valence-electron chi connectivity index (χ1n) is 5.15. The predicted octanol–water partition coefficient (Wildman–Crippen LogP) is 3.40. The molecular weight excluding hydrogens is 295 g/mol. The number of nitrogens with two attached hydrogens (primary N) is 1. The zero-order chi connectivity index (χ0) is 13.9. The minimum atomic E-state index is -0.506. The molecule has 0 radical (unpaired) electrons. The lowest BCUT2D eigenvalue weighted by atomic mass is 10.2. The molecule has 0 amide bonds. The van der Waals surface area contributed by atoms with Crippen LogP contribution in [0.3, 0.4) is 0 Å². The number of halogens is 2. The molecule has 0 atom stereocenters. The maximum Gasteiger partial charge on any atom is 0.316 e. The van der Waals surface area contributed by atoms with Gasteiger partial charge in [-0.3, -0.25) is 4.79 Å². The number of nitrogens with zero attached hydrogens (tertiary/aromatic N) is 1. The van der Waals surface area contributed by atoms with Gasteiger partial charge >= 0.3 is 5.97 Å². The Balaban J connectivity index is 2.64. The van der Waals surface area contributed by atoms with E-state index in [-0.39, 0.29) is 17.5 Å². The molecule has 1 aromatic rings. The largest absolute Gasteiger partial charge is 0.459 e. The maximum atomic E-state index is 11.5. The molecule has 0 saturated carbocycles. The van der Waals surface area contributed by atoms with E-state index < -0.39 is 5.60 Å². The fourth-order valence-corrected chi connectivity index (χ4v) is 2.26. The summed E-state index contributed by atoms with van der Waals surface area (Å²) in [6, 6.07) is 1.50. The van der Waals surface area contributed by atoms with E-state index in [9.17, 15) is 4.79 Å². The summed E-state index contributed by atoms with van der Waals surface area (Å²) in [5, 5.41) is 1.12. The second-order valence-electron chi connectivity index (χ2n) is 4.52. The number of hydrogen-bond donors (Lipinski definition) is 1. The molecule has 1 rings (SSSR count). The van der Waals surface area contributed by atoms with Gasteiger partial charge in [-0.1, -0.05) is 35.0 Å². The number of esters is 1. The van der Waals surface area contributed by atoms with E-state index in [2.05, 4.69) is 4.98 Å². The van der Waals surface area contributed by atoms with Crippen molar-refractivity contribution in [2.45, 2.75) is 31.4 Å². The molecule has 0 aliphatic heterocycles. The van der Waals surface area contributed by atoms with Crippen LogP contribution in [0.1, 0.15) is 20.8 Å². The van der Waals surface area contributed by atoms with Crippen molar-refractivity contribution >= 4 is 46.8 Å². The number of aromatic nitrogens is 1. The topological polar surface area (TPSA) is 65.2 Å². The van der Waals surface area contributed by atoms with Crippen molar-refractivity contribution in [3.05, 3.63) is 16.1 Å². The highest BCUT2D eigenvalue weighted by Crippen LogP contribution is 2.30. The Hall–Kier alpha value is -0.650. The van der Waals surface area contributed by atoms with Gasteiger partial charge < -0.3 is 10.5 Å². The fourth-order valence-electron chi connectivity index (χ4n) is 1.06. The minimum absolute atomic E-state index is 0.116. The van der Waals surface area contributed by atoms with Crippen molar-refractivity contribution in [2.75, 3.05) is 11.5 Å². The Morgan fingerprint density at radius 1 is 1.44 bits per heavy atom. The molecule has 0 spiro atoms. The molecule has 1 aromatic heterocycles. The van der Waals surface area contributed by atoms with Crippen LogP contribution in [0, 0.1) is 0 Å². The monoisotopic (exact) mass is 308 g/mol. The van der Waals surface area contributed by atoms with Crippen LogP contribution in [-0.4, -0.2) is 22.3 Å². The van der Waals surface area contributed by atoms with Crippen molar-refractivity contribution in [1.29, 1.82) is 0 Å². The van der Waals surface area contributed by atoms with Crippen molar-refractivity contribution in [2.24, 2.45) is 0 Å². The lowest BCUT2D eigenvalue weighted by Crippen LogP contribution is -2.24. The number of nitrogen functional groups attached to an aromatic ring is 1. The minimum Gasteiger partial charge on any atom is -0.459 e. The number of rotatable bonds is 3. The van der Waals surface area contributed by atoms with Crippen LogP contribution in [0.5, 0.6) is 0 Å². The van der Waals surface area contributed by atoms with Gasteiger partial charge in [0.15, 0.2) is 0 Å². The number of carbonyl (C=O) groups excluding carboxylic acids is 1. The molecule has 4 nitrogen and oxygen atoms in total. The van der Waals surface area contributed by atoms with Crippen molar-refractivity contribution in [3.63, 3.8) is 0 Å². The summed E-state index contributed by atoms with van der Waals surface area (Å²) in [5.74, 6) is -0.0305. The normalized spacial score (nSPS) is 11.4. The van der Waals surface area contributed by atoms with E-state index in [4.69, 9.17) is 33.7 Å². The van der Waals surface area contributed by atoms with Gasteiger partial charge in [-0.2, -0.15) is 0 Å². The van der Waals surface area contributed by atoms with Crippen LogP contribution >= 0.6 is 35.0 Å². The van der Waals surface area contributed by atoms with Gasteiger partial charge in [-0.05, 0) is 26.8 Å². The Morgan fingerprint density at radius 2 is 2.06 bits per heavy atom. The number of pyridine rings is 1. The molecule has 0 fully saturated rings. The number of hydrogen-bond acceptors (Lipinski definition) is 5. The van der Waals surface area contributed by atoms with Crippen LogP contribution in [0.4, 0.5) is 5.82 Å². The maximum absolute atomic E-state index is 11.5. The van der Waals surface area contributed by atoms with E-state index in [1.807, 2.05) is 0 Å². The SMILES string of the molecule is CC(C)(C)OC(=O)CSc1nc(N)c(Cl)cc1Cl. The van der Waals surface area contributed by atoms with Gasteiger partial charge in [0.05, 0.1) is 15.8 Å². The van der Waals surface area contributed by atoms with Gasteiger partial charge in [0.25, 0.3) is 0 Å². The lowest BCUT2D eigenvalue weighted by Gasteiger charge is -2.19. The van der Waals surface area contributed by atoms with E-state index in [0.29, 0.717) is 15.1 Å². The van der Waals surface area contributed by atoms with E-state index >= 15 is 0 Å². The Bertz CT molecular complexity index is 461. The Morgan fingerprint density at radius 3 is 2.61 bits per heavy atom. The summed E-state index contributed by atoms with van der Waals surface area (Å²) in [5.41, 5.74) is 5.06. The molecule has 18 heavy (non-hydrogen) atoms. The second kappa shape index (κ2) is 5.99. The van der Waals surface area contributed by atoms with E-state index in [0.717, 1.165) is 11.8 Å². The molecule has 2 N–H and O–H groups in total. The number of ether oxygens (including phenoxy) is 1. The first kappa shape index (κ1) is 15.4. The molecule has 0 aliphatic rings. The zero-order valence-electron chi connectivity index (χ0n) is 10.3. The third-order valence-electron chi connectivity index (χ3n) is 1.67. The van der Waals surface area contributed by atoms with Gasteiger partial charge in [0.1, 0.15) is 16.4 Å². The molecule has 7 heteroatoms. The fraction of sp³-hybridized carbons (Fsp3) is 0.455. The Labute approximate surface area is 120 Å². The van der Waals surface area contributed by atoms with Gasteiger partial charge in [-0.15, -0.1) is 0 Å². The summed E-state index contributed by atoms with van der Waals surface area (Å²) < 4.78 is 5.17. The van der Waals surface area contributed by atoms with Gasteiger partial charge in [-0.25, -0.2) is 4.98 Å². The van der Waals surface area contributed by atoms with Crippen LogP contribution in [0.25, 0.3) is 0 Å². The highest BCUT2D eigenvalue weighted by Gasteiger charge is 2.17. The summed E-state index contributed by atoms with van der Waals surface area (Å²) >= 11 is 12.9. The van der Waals surface area contributed by atoms with E-state index in [1.165, 1.54) is 6.07 Å². The second-order valence-corrected chi connectivity index (χ2v) is 6.30. The third-order valence-corrected chi connectivity index (χ3v) is 3.34. The van der Waals surface area contributed by atoms with Crippen LogP contribution < -0.4 is 5.73 Å². The molecule has 0 aromatic carbocycles. The number of carbonyl (C=O) groups is 1. The highest BCUT2D eigenvalue weighted by atomic mass is 35.5. The standard InChI is InChI=1S/C11H14Cl2N2O2S/c1-11(2,3)17-8(16)5-18-10-7(13)4-6(12)9(14)15-10/h4H,5H2,1-3H3,(H2,14,15). The number of thioether (sulfide) groups is 1. The summed E-state index contributed by atoms with van der Waals surface area (Å²) in [6.07, 6.45) is 0. The highest BCUT2D eigenvalue weighted by molar-refractivity contribution is 8.00. The molecular formula is C11H14Cl2N2O2S. The average molecular weight is 309 g/mol. The first-order chi connectivity index (χ1) is 8.19. The van der Waals surface area contributed by atoms with Crippen LogP contribution in [0.2, 0.25) is 10.0 Å². The van der Waals surface area contributed by atoms with Gasteiger partial charge in [0.2, 0.25) is 0 Å². The zero-order valence-corrected chi connectivity index (χ0v) is 12.6. The van der Waals surface area contributed by atoms with Crippen molar-refractivity contribution < 1.29 is 9.53 Å². The van der Waals surface area contributed by atoms with Gasteiger partial charge in [0, 0.05) is 0 Å². The predicted molar refractivity (Wildman–Crippen MR) is 75.2 cm³/mol. The van der Waals surface area contributed by atoms with Crippen LogP contribution in [0.15, 0.2) is 11.1 Å². The first-order valence-corrected chi connectivity index (χ1v) is 6.89. The van der Waals surface area contributed by atoms with Crippen molar-refractivity contribution in [3.8, 4) is 0 Å². The summed E-state index contributed by atoms with van der Waals surface area (Å²) in [6.45, 7) is 5.42. The smallest absolute Gasteiger partial charge is 0.316 e. The number of anilines is 1. The molecule has 0 bridgehead atoms. The van der Waals surface area contributed by atoms with E-state index in [1.54, 1.807) is 20.8 Å². The molecule has 0 aliphatic carbocycles. The summed E-state index contributed by atoms with van der Waals surface area (Å²) in [7, 11) is 0. The summed E-state index contributed by atoms with van der Waals surface area (Å²) in [4.78, 5) is 15.5. The average Bonchev–Trinajstić information content (AvgIpc) is 2.19. The quantitative estimate of drug-likeness (QED) is 0.685. The molecule has 0 saturated heterocycles. The lowest BCUT2D eigenvalue weighted by molar-refractivity contribution is -0.151. The molecule has 0 unspecified atom stereocenters. The van der Waals surface area contributed by atoms with Crippen molar-refractivity contribution in [1.82, 2.24) is 4.98 Å². The van der Waals surface area contributed by atoms with Crippen LogP contribution in [-0.2, 0) is 9.53 Å². The molecule has 100 valence electrons. The third kappa shape index (κ3) is 4.92. The Kier molecular flexibility index (Phi) is 5.13.